The van der Waals surface area contributed by atoms with Gasteiger partial charge in [-0.15, -0.1) is 0 Å². The smallest absolute Gasteiger partial charge is 0.295 e. The number of carbonyl (C=O) groups excluding carboxylic acids is 2. The molecule has 1 atom stereocenters. The second kappa shape index (κ2) is 9.68. The topological polar surface area (TPSA) is 97.6 Å². The molecule has 3 heterocycles. The van der Waals surface area contributed by atoms with Crippen molar-refractivity contribution in [1.29, 1.82) is 0 Å². The monoisotopic (exact) mass is 446 g/mol. The van der Waals surface area contributed by atoms with Crippen LogP contribution in [-0.4, -0.2) is 48.9 Å². The van der Waals surface area contributed by atoms with Gasteiger partial charge in [0.05, 0.1) is 24.0 Å². The predicted molar refractivity (Wildman–Crippen MR) is 122 cm³/mol. The highest BCUT2D eigenvalue weighted by Gasteiger charge is 2.45. The number of rotatable bonds is 8. The molecule has 0 aliphatic carbocycles. The molecule has 1 aliphatic heterocycles. The first kappa shape index (κ1) is 22.3. The van der Waals surface area contributed by atoms with Gasteiger partial charge in [-0.3, -0.25) is 14.6 Å². The number of aryl methyl sites for hydroxylation is 1. The number of hydrogen-bond acceptors (Lipinski definition) is 6. The molecule has 8 nitrogen and oxygen atoms in total. The molecule has 0 spiro atoms. The molecule has 1 N–H and O–H groups in total. The van der Waals surface area contributed by atoms with Gasteiger partial charge in [0.1, 0.15) is 11.5 Å². The maximum absolute atomic E-state index is 13.1. The summed E-state index contributed by atoms with van der Waals surface area (Å²) in [5, 5.41) is 11.1. The number of Topliss-reactive ketones (excluding diaryl/α,β-unsaturated/α-hetero) is 1. The summed E-state index contributed by atoms with van der Waals surface area (Å²) in [5.74, 6) is -0.862. The quantitative estimate of drug-likeness (QED) is 0.323. The Balaban J connectivity index is 1.67. The van der Waals surface area contributed by atoms with Crippen molar-refractivity contribution in [1.82, 2.24) is 19.4 Å². The van der Waals surface area contributed by atoms with E-state index >= 15 is 0 Å². The van der Waals surface area contributed by atoms with Crippen molar-refractivity contribution in [3.8, 4) is 5.75 Å². The minimum Gasteiger partial charge on any atom is -0.507 e. The lowest BCUT2D eigenvalue weighted by Gasteiger charge is -2.25. The number of aliphatic hydroxyl groups excluding tert-OH is 1. The summed E-state index contributed by atoms with van der Waals surface area (Å²) < 4.78 is 7.57. The highest BCUT2D eigenvalue weighted by atomic mass is 16.5. The van der Waals surface area contributed by atoms with Crippen molar-refractivity contribution in [2.24, 2.45) is 0 Å². The fourth-order valence-corrected chi connectivity index (χ4v) is 3.96. The maximum Gasteiger partial charge on any atom is 0.295 e. The van der Waals surface area contributed by atoms with Crippen molar-refractivity contribution in [2.75, 3.05) is 6.54 Å². The van der Waals surface area contributed by atoms with Crippen molar-refractivity contribution >= 4 is 17.4 Å². The number of aromatic nitrogens is 3. The predicted octanol–water partition coefficient (Wildman–Crippen LogP) is 3.58. The van der Waals surface area contributed by atoms with Gasteiger partial charge < -0.3 is 19.3 Å². The Labute approximate surface area is 192 Å². The minimum absolute atomic E-state index is 0.0174. The Morgan fingerprint density at radius 1 is 1.03 bits per heavy atom. The number of amides is 1. The average molecular weight is 447 g/mol. The molecule has 33 heavy (non-hydrogen) atoms. The van der Waals surface area contributed by atoms with Crippen LogP contribution >= 0.6 is 0 Å². The lowest BCUT2D eigenvalue weighted by atomic mass is 9.96. The van der Waals surface area contributed by atoms with Crippen molar-refractivity contribution in [3.05, 3.63) is 84.2 Å². The summed E-state index contributed by atoms with van der Waals surface area (Å²) in [5.41, 5.74) is 1.24. The summed E-state index contributed by atoms with van der Waals surface area (Å²) in [7, 11) is 0. The summed E-state index contributed by atoms with van der Waals surface area (Å²) in [4.78, 5) is 35.6. The molecule has 0 bridgehead atoms. The third-order valence-electron chi connectivity index (χ3n) is 5.44. The van der Waals surface area contributed by atoms with Crippen LogP contribution in [0.2, 0.25) is 0 Å². The molecule has 0 radical (unpaired) electrons. The molecule has 8 heteroatoms. The van der Waals surface area contributed by atoms with Crippen LogP contribution in [0, 0.1) is 0 Å². The molecule has 1 aromatic carbocycles. The second-order valence-electron chi connectivity index (χ2n) is 8.12. The molecule has 1 unspecified atom stereocenters. The van der Waals surface area contributed by atoms with Crippen LogP contribution in [0.1, 0.15) is 37.4 Å². The molecule has 1 saturated heterocycles. The first-order valence-electron chi connectivity index (χ1n) is 10.9. The Bertz CT molecular complexity index is 1140. The summed E-state index contributed by atoms with van der Waals surface area (Å²) in [6.07, 6.45) is 9.12. The molecule has 170 valence electrons. The van der Waals surface area contributed by atoms with Gasteiger partial charge in [-0.25, -0.2) is 4.98 Å². The van der Waals surface area contributed by atoms with Crippen molar-refractivity contribution < 1.29 is 19.4 Å². The van der Waals surface area contributed by atoms with Gasteiger partial charge in [-0.2, -0.15) is 0 Å². The van der Waals surface area contributed by atoms with Crippen LogP contribution in [0.5, 0.6) is 5.75 Å². The number of benzene rings is 1. The number of pyridine rings is 1. The van der Waals surface area contributed by atoms with E-state index in [0.717, 1.165) is 0 Å². The second-order valence-corrected chi connectivity index (χ2v) is 8.12. The lowest BCUT2D eigenvalue weighted by Crippen LogP contribution is -2.31. The van der Waals surface area contributed by atoms with E-state index in [9.17, 15) is 14.7 Å². The average Bonchev–Trinajstić information content (AvgIpc) is 3.41. The first-order chi connectivity index (χ1) is 16.0. The normalized spacial score (nSPS) is 17.7. The Kier molecular flexibility index (Phi) is 6.53. The third kappa shape index (κ3) is 4.79. The van der Waals surface area contributed by atoms with Gasteiger partial charge in [-0.05, 0) is 62.2 Å². The number of imidazole rings is 1. The van der Waals surface area contributed by atoms with E-state index in [1.54, 1.807) is 61.3 Å². The lowest BCUT2D eigenvalue weighted by molar-refractivity contribution is -0.139. The van der Waals surface area contributed by atoms with E-state index in [1.807, 2.05) is 24.6 Å². The molecule has 0 saturated carbocycles. The van der Waals surface area contributed by atoms with Crippen LogP contribution in [0.25, 0.3) is 5.76 Å². The van der Waals surface area contributed by atoms with Gasteiger partial charge in [0.15, 0.2) is 0 Å². The van der Waals surface area contributed by atoms with Gasteiger partial charge >= 0.3 is 0 Å². The highest BCUT2D eigenvalue weighted by Crippen LogP contribution is 2.39. The Morgan fingerprint density at radius 3 is 2.39 bits per heavy atom. The van der Waals surface area contributed by atoms with Crippen LogP contribution in [0.15, 0.2) is 73.1 Å². The zero-order valence-electron chi connectivity index (χ0n) is 18.6. The molecule has 3 aromatic rings. The summed E-state index contributed by atoms with van der Waals surface area (Å²) >= 11 is 0. The fourth-order valence-electron chi connectivity index (χ4n) is 3.96. The third-order valence-corrected chi connectivity index (χ3v) is 5.44. The number of carbonyl (C=O) groups is 2. The molecule has 2 aromatic heterocycles. The standard InChI is InChI=1S/C25H26N4O4/c1-17(2)33-20-6-4-19(5-7-20)23(30)21-22(18-8-10-26-11-9-18)29(25(32)24(21)31)14-3-13-28-15-12-27-16-28/h4-12,15-17,22,30H,3,13-14H2,1-2H3. The number of ether oxygens (including phenoxy) is 1. The van der Waals surface area contributed by atoms with E-state index in [-0.39, 0.29) is 17.4 Å². The number of aliphatic hydroxyl groups is 1. The van der Waals surface area contributed by atoms with Gasteiger partial charge in [0.25, 0.3) is 11.7 Å². The van der Waals surface area contributed by atoms with Gasteiger partial charge in [-0.1, -0.05) is 0 Å². The first-order valence-corrected chi connectivity index (χ1v) is 10.9. The van der Waals surface area contributed by atoms with E-state index in [1.165, 1.54) is 4.90 Å². The maximum atomic E-state index is 13.1. The molecule has 1 aliphatic rings. The van der Waals surface area contributed by atoms with E-state index in [4.69, 9.17) is 4.74 Å². The van der Waals surface area contributed by atoms with E-state index in [2.05, 4.69) is 9.97 Å². The Morgan fingerprint density at radius 2 is 1.76 bits per heavy atom. The zero-order chi connectivity index (χ0) is 23.4. The van der Waals surface area contributed by atoms with Crippen molar-refractivity contribution in [3.63, 3.8) is 0 Å². The minimum atomic E-state index is -0.695. The summed E-state index contributed by atoms with van der Waals surface area (Å²) in [6.45, 7) is 4.87. The van der Waals surface area contributed by atoms with E-state index < -0.39 is 17.7 Å². The number of nitrogens with zero attached hydrogens (tertiary/aromatic N) is 4. The van der Waals surface area contributed by atoms with Gasteiger partial charge in [0.2, 0.25) is 0 Å². The molecule has 1 amide bonds. The highest BCUT2D eigenvalue weighted by molar-refractivity contribution is 6.46. The SMILES string of the molecule is CC(C)Oc1ccc(C(O)=C2C(=O)C(=O)N(CCCn3ccnc3)C2c2ccncc2)cc1. The summed E-state index contributed by atoms with van der Waals surface area (Å²) in [6, 6.07) is 9.66. The van der Waals surface area contributed by atoms with Crippen LogP contribution < -0.4 is 4.74 Å². The molecule has 1 fully saturated rings. The largest absolute Gasteiger partial charge is 0.507 e. The van der Waals surface area contributed by atoms with Crippen LogP contribution in [0.4, 0.5) is 0 Å². The number of hydrogen-bond donors (Lipinski definition) is 1. The molecular formula is C25H26N4O4. The zero-order valence-corrected chi connectivity index (χ0v) is 18.6. The fraction of sp³-hybridized carbons (Fsp3) is 0.280. The molecule has 4 rings (SSSR count). The number of ketones is 1. The van der Waals surface area contributed by atoms with Crippen molar-refractivity contribution in [2.45, 2.75) is 39.0 Å². The van der Waals surface area contributed by atoms with Crippen LogP contribution in [0.3, 0.4) is 0 Å². The molecular weight excluding hydrogens is 420 g/mol. The Hall–Kier alpha value is -3.94. The number of likely N-dealkylation sites (tertiary alicyclic amines) is 1. The van der Waals surface area contributed by atoms with Crippen LogP contribution in [-0.2, 0) is 16.1 Å². The van der Waals surface area contributed by atoms with Gasteiger partial charge in [0, 0.05) is 43.4 Å². The van der Waals surface area contributed by atoms with E-state index in [0.29, 0.717) is 36.4 Å².